The summed E-state index contributed by atoms with van der Waals surface area (Å²) in [6, 6.07) is 8.19. The van der Waals surface area contributed by atoms with Crippen LogP contribution in [0.5, 0.6) is 0 Å². The summed E-state index contributed by atoms with van der Waals surface area (Å²) in [5, 5.41) is 2.55. The van der Waals surface area contributed by atoms with Gasteiger partial charge in [0.05, 0.1) is 24.0 Å². The van der Waals surface area contributed by atoms with Crippen LogP contribution in [-0.4, -0.2) is 25.4 Å². The molecule has 0 unspecified atom stereocenters. The molecule has 2 aromatic carbocycles. The Morgan fingerprint density at radius 1 is 1.11 bits per heavy atom. The monoisotopic (exact) mass is 476 g/mol. The lowest BCUT2D eigenvalue weighted by Gasteiger charge is -2.14. The van der Waals surface area contributed by atoms with E-state index >= 15 is 0 Å². The standard InChI is InChI=1S/C25H19F3N6O/c1-16-2-4-19(8-18(16)5-3-17-13-31-23(12-29)32-14-17)24(35)33-21-9-20(25(26,27)28)10-22(11-21)34-7-6-30-15-34/h2,4,6-11,13-15H,12,29H2,1H3,(H,33,35). The van der Waals surface area contributed by atoms with E-state index in [1.165, 1.54) is 29.4 Å². The Balaban J connectivity index is 1.61. The number of aryl methyl sites for hydroxylation is 1. The van der Waals surface area contributed by atoms with Crippen molar-refractivity contribution in [1.29, 1.82) is 0 Å². The summed E-state index contributed by atoms with van der Waals surface area (Å²) < 4.78 is 41.8. The van der Waals surface area contributed by atoms with Gasteiger partial charge in [0.15, 0.2) is 0 Å². The van der Waals surface area contributed by atoms with Crippen molar-refractivity contribution in [3.63, 3.8) is 0 Å². The third-order valence-corrected chi connectivity index (χ3v) is 5.03. The lowest BCUT2D eigenvalue weighted by atomic mass is 10.0. The first-order chi connectivity index (χ1) is 16.7. The van der Waals surface area contributed by atoms with E-state index in [4.69, 9.17) is 5.73 Å². The number of rotatable bonds is 4. The fourth-order valence-electron chi connectivity index (χ4n) is 3.17. The number of aromatic nitrogens is 4. The maximum atomic E-state index is 13.4. The predicted octanol–water partition coefficient (Wildman–Crippen LogP) is 4.10. The summed E-state index contributed by atoms with van der Waals surface area (Å²) in [6.45, 7) is 2.06. The number of carbonyl (C=O) groups excluding carboxylic acids is 1. The zero-order valence-corrected chi connectivity index (χ0v) is 18.5. The largest absolute Gasteiger partial charge is 0.416 e. The number of imidazole rings is 1. The molecule has 7 nitrogen and oxygen atoms in total. The summed E-state index contributed by atoms with van der Waals surface area (Å²) in [4.78, 5) is 24.9. The van der Waals surface area contributed by atoms with Gasteiger partial charge >= 0.3 is 6.18 Å². The molecule has 0 radical (unpaired) electrons. The molecule has 176 valence electrons. The Labute approximate surface area is 198 Å². The van der Waals surface area contributed by atoms with Crippen LogP contribution in [0.15, 0.2) is 67.5 Å². The van der Waals surface area contributed by atoms with Gasteiger partial charge in [-0.1, -0.05) is 17.9 Å². The smallest absolute Gasteiger partial charge is 0.324 e. The molecule has 3 N–H and O–H groups in total. The molecule has 0 saturated carbocycles. The molecule has 2 heterocycles. The molecule has 0 bridgehead atoms. The molecule has 10 heteroatoms. The second-order valence-electron chi connectivity index (χ2n) is 7.56. The van der Waals surface area contributed by atoms with Crippen LogP contribution in [0.2, 0.25) is 0 Å². The number of nitrogens with one attached hydrogen (secondary N) is 1. The van der Waals surface area contributed by atoms with E-state index in [-0.39, 0.29) is 23.5 Å². The van der Waals surface area contributed by atoms with Crippen molar-refractivity contribution in [2.45, 2.75) is 19.6 Å². The number of halogens is 3. The van der Waals surface area contributed by atoms with Crippen LogP contribution >= 0.6 is 0 Å². The van der Waals surface area contributed by atoms with Gasteiger partial charge in [0.1, 0.15) is 5.82 Å². The minimum absolute atomic E-state index is 0.00104. The average molecular weight is 476 g/mol. The SMILES string of the molecule is Cc1ccc(C(=O)Nc2cc(-n3ccnc3)cc(C(F)(F)F)c2)cc1C#Cc1cnc(CN)nc1. The number of benzene rings is 2. The van der Waals surface area contributed by atoms with Crippen molar-refractivity contribution < 1.29 is 18.0 Å². The Kier molecular flexibility index (Phi) is 6.62. The van der Waals surface area contributed by atoms with Crippen LogP contribution in [0.1, 0.15) is 38.4 Å². The molecule has 4 rings (SSSR count). The first-order valence-corrected chi connectivity index (χ1v) is 10.4. The van der Waals surface area contributed by atoms with Crippen LogP contribution < -0.4 is 11.1 Å². The highest BCUT2D eigenvalue weighted by Crippen LogP contribution is 2.33. The molecule has 0 aliphatic heterocycles. The fourth-order valence-corrected chi connectivity index (χ4v) is 3.17. The van der Waals surface area contributed by atoms with Crippen LogP contribution in [0.4, 0.5) is 18.9 Å². The van der Waals surface area contributed by atoms with E-state index in [0.29, 0.717) is 17.0 Å². The molecular weight excluding hydrogens is 457 g/mol. The Bertz CT molecular complexity index is 1420. The maximum Gasteiger partial charge on any atom is 0.416 e. The molecule has 0 aliphatic carbocycles. The first-order valence-electron chi connectivity index (χ1n) is 10.4. The van der Waals surface area contributed by atoms with Gasteiger partial charge in [0.2, 0.25) is 0 Å². The van der Waals surface area contributed by atoms with E-state index in [2.05, 4.69) is 32.1 Å². The zero-order chi connectivity index (χ0) is 25.0. The average Bonchev–Trinajstić information content (AvgIpc) is 3.38. The normalized spacial score (nSPS) is 11.0. The second kappa shape index (κ2) is 9.79. The summed E-state index contributed by atoms with van der Waals surface area (Å²) in [6.07, 6.45) is 2.86. The number of alkyl halides is 3. The van der Waals surface area contributed by atoms with Crippen molar-refractivity contribution in [1.82, 2.24) is 19.5 Å². The molecule has 0 saturated heterocycles. The second-order valence-corrected chi connectivity index (χ2v) is 7.56. The Morgan fingerprint density at radius 3 is 2.54 bits per heavy atom. The van der Waals surface area contributed by atoms with Gasteiger partial charge in [-0.15, -0.1) is 0 Å². The van der Waals surface area contributed by atoms with Gasteiger partial charge in [0, 0.05) is 47.3 Å². The van der Waals surface area contributed by atoms with Crippen molar-refractivity contribution in [3.05, 3.63) is 101 Å². The molecule has 0 aliphatic rings. The Morgan fingerprint density at radius 2 is 1.89 bits per heavy atom. The van der Waals surface area contributed by atoms with Gasteiger partial charge in [-0.05, 0) is 42.8 Å². The highest BCUT2D eigenvalue weighted by molar-refractivity contribution is 6.04. The predicted molar refractivity (Wildman–Crippen MR) is 124 cm³/mol. The number of nitrogens with zero attached hydrogens (tertiary/aromatic N) is 4. The summed E-state index contributed by atoms with van der Waals surface area (Å²) in [7, 11) is 0. The quantitative estimate of drug-likeness (QED) is 0.432. The molecule has 0 atom stereocenters. The van der Waals surface area contributed by atoms with E-state index in [9.17, 15) is 18.0 Å². The van der Waals surface area contributed by atoms with E-state index in [1.54, 1.807) is 30.6 Å². The summed E-state index contributed by atoms with van der Waals surface area (Å²) in [5.41, 5.74) is 7.05. The Hall–Kier alpha value is -4.49. The van der Waals surface area contributed by atoms with Crippen molar-refractivity contribution in [2.24, 2.45) is 5.73 Å². The highest BCUT2D eigenvalue weighted by atomic mass is 19.4. The van der Waals surface area contributed by atoms with Crippen molar-refractivity contribution >= 4 is 11.6 Å². The molecular formula is C25H19F3N6O. The topological polar surface area (TPSA) is 98.7 Å². The number of amides is 1. The lowest BCUT2D eigenvalue weighted by molar-refractivity contribution is -0.137. The van der Waals surface area contributed by atoms with Crippen LogP contribution in [0, 0.1) is 18.8 Å². The summed E-state index contributed by atoms with van der Waals surface area (Å²) >= 11 is 0. The van der Waals surface area contributed by atoms with Crippen molar-refractivity contribution in [2.75, 3.05) is 5.32 Å². The minimum Gasteiger partial charge on any atom is -0.324 e. The van der Waals surface area contributed by atoms with E-state index < -0.39 is 17.6 Å². The van der Waals surface area contributed by atoms with Gasteiger partial charge in [-0.2, -0.15) is 13.2 Å². The molecule has 4 aromatic rings. The van der Waals surface area contributed by atoms with Crippen LogP contribution in [0.25, 0.3) is 5.69 Å². The van der Waals surface area contributed by atoms with E-state index in [0.717, 1.165) is 17.7 Å². The fraction of sp³-hybridized carbons (Fsp3) is 0.120. The third kappa shape index (κ3) is 5.72. The number of anilines is 1. The highest BCUT2D eigenvalue weighted by Gasteiger charge is 2.31. The van der Waals surface area contributed by atoms with E-state index in [1.807, 2.05) is 6.92 Å². The minimum atomic E-state index is -4.59. The van der Waals surface area contributed by atoms with Gasteiger partial charge in [-0.25, -0.2) is 15.0 Å². The lowest BCUT2D eigenvalue weighted by Crippen LogP contribution is -2.14. The number of nitrogens with two attached hydrogens (primary N) is 1. The van der Waals surface area contributed by atoms with Gasteiger partial charge in [0.25, 0.3) is 5.91 Å². The molecule has 1 amide bonds. The third-order valence-electron chi connectivity index (χ3n) is 5.03. The zero-order valence-electron chi connectivity index (χ0n) is 18.5. The number of hydrogen-bond donors (Lipinski definition) is 2. The van der Waals surface area contributed by atoms with Gasteiger partial charge in [-0.3, -0.25) is 4.79 Å². The molecule has 35 heavy (non-hydrogen) atoms. The maximum absolute atomic E-state index is 13.4. The first kappa shape index (κ1) is 23.7. The van der Waals surface area contributed by atoms with Crippen LogP contribution in [0.3, 0.4) is 0 Å². The summed E-state index contributed by atoms with van der Waals surface area (Å²) in [5.74, 6) is 5.84. The van der Waals surface area contributed by atoms with Gasteiger partial charge < -0.3 is 15.6 Å². The number of hydrogen-bond acceptors (Lipinski definition) is 5. The molecule has 0 fully saturated rings. The molecule has 0 spiro atoms. The number of carbonyl (C=O) groups is 1. The molecule has 2 aromatic heterocycles. The van der Waals surface area contributed by atoms with Crippen molar-refractivity contribution in [3.8, 4) is 17.5 Å². The van der Waals surface area contributed by atoms with Crippen LogP contribution in [-0.2, 0) is 12.7 Å².